The molecule has 1 saturated carbocycles. The van der Waals surface area contributed by atoms with E-state index in [-0.39, 0.29) is 18.3 Å². The zero-order valence-corrected chi connectivity index (χ0v) is 12.7. The van der Waals surface area contributed by atoms with E-state index in [1.807, 2.05) is 13.0 Å². The van der Waals surface area contributed by atoms with Gasteiger partial charge in [-0.2, -0.15) is 0 Å². The van der Waals surface area contributed by atoms with Crippen LogP contribution in [0.4, 0.5) is 0 Å². The minimum absolute atomic E-state index is 0.00914. The summed E-state index contributed by atoms with van der Waals surface area (Å²) in [6.45, 7) is 1.88. The number of rotatable bonds is 9. The van der Waals surface area contributed by atoms with E-state index in [4.69, 9.17) is 5.11 Å². The van der Waals surface area contributed by atoms with E-state index in [1.54, 1.807) is 6.08 Å². The van der Waals surface area contributed by atoms with Crippen LogP contribution in [0.15, 0.2) is 12.2 Å². The van der Waals surface area contributed by atoms with Crippen molar-refractivity contribution in [3.05, 3.63) is 12.2 Å². The third-order valence-corrected chi connectivity index (χ3v) is 4.32. The summed E-state index contributed by atoms with van der Waals surface area (Å²) in [6, 6.07) is 0. The van der Waals surface area contributed by atoms with Crippen molar-refractivity contribution in [2.75, 3.05) is 0 Å². The summed E-state index contributed by atoms with van der Waals surface area (Å²) in [5.74, 6) is -0.911. The summed E-state index contributed by atoms with van der Waals surface area (Å²) in [7, 11) is 0. The molecule has 1 aliphatic rings. The second-order valence-electron chi connectivity index (χ2n) is 5.97. The Labute approximate surface area is 126 Å². The lowest BCUT2D eigenvalue weighted by Crippen LogP contribution is -2.21. The fourth-order valence-electron chi connectivity index (χ4n) is 3.00. The lowest BCUT2D eigenvalue weighted by Gasteiger charge is -2.21. The van der Waals surface area contributed by atoms with Gasteiger partial charge in [0.1, 0.15) is 0 Å². The molecule has 0 aromatic rings. The molecule has 122 valence electrons. The van der Waals surface area contributed by atoms with Crippen LogP contribution in [0.3, 0.4) is 0 Å². The Morgan fingerprint density at radius 2 is 1.95 bits per heavy atom. The molecule has 5 heteroatoms. The van der Waals surface area contributed by atoms with E-state index in [2.05, 4.69) is 0 Å². The Kier molecular flexibility index (Phi) is 7.93. The third-order valence-electron chi connectivity index (χ3n) is 4.32. The average Bonchev–Trinajstić information content (AvgIpc) is 2.69. The SMILES string of the molecule is CCC(O)C=C[C@H]1[C@H](CCCCCC(=O)O)[C@H](O)C[C@@H]1O. The van der Waals surface area contributed by atoms with Gasteiger partial charge in [-0.25, -0.2) is 0 Å². The molecule has 0 saturated heterocycles. The maximum atomic E-state index is 10.4. The smallest absolute Gasteiger partial charge is 0.303 e. The van der Waals surface area contributed by atoms with Crippen molar-refractivity contribution in [3.63, 3.8) is 0 Å². The first kappa shape index (κ1) is 18.1. The Morgan fingerprint density at radius 3 is 2.57 bits per heavy atom. The van der Waals surface area contributed by atoms with Crippen molar-refractivity contribution in [1.82, 2.24) is 0 Å². The highest BCUT2D eigenvalue weighted by Crippen LogP contribution is 2.37. The Balaban J connectivity index is 2.44. The summed E-state index contributed by atoms with van der Waals surface area (Å²) in [5.41, 5.74) is 0. The zero-order chi connectivity index (χ0) is 15.8. The van der Waals surface area contributed by atoms with Crippen LogP contribution >= 0.6 is 0 Å². The quantitative estimate of drug-likeness (QED) is 0.384. The molecule has 0 radical (unpaired) electrons. The molecule has 0 bridgehead atoms. The van der Waals surface area contributed by atoms with Crippen molar-refractivity contribution in [1.29, 1.82) is 0 Å². The molecule has 1 rings (SSSR count). The van der Waals surface area contributed by atoms with Crippen LogP contribution in [-0.2, 0) is 4.79 Å². The molecule has 0 aromatic heterocycles. The average molecular weight is 300 g/mol. The highest BCUT2D eigenvalue weighted by molar-refractivity contribution is 5.66. The standard InChI is InChI=1S/C16H28O5/c1-2-11(17)8-9-13-12(14(18)10-15(13)19)6-4-3-5-7-16(20)21/h8-9,11-15,17-19H,2-7,10H2,1H3,(H,20,21)/t11?,12-,13-,14+,15-/m0/s1. The molecule has 1 unspecified atom stereocenters. The maximum absolute atomic E-state index is 10.4. The predicted molar refractivity (Wildman–Crippen MR) is 79.8 cm³/mol. The first-order chi connectivity index (χ1) is 9.95. The van der Waals surface area contributed by atoms with Gasteiger partial charge in [0.2, 0.25) is 0 Å². The Morgan fingerprint density at radius 1 is 1.24 bits per heavy atom. The molecular formula is C16H28O5. The van der Waals surface area contributed by atoms with Crippen molar-refractivity contribution in [2.45, 2.75) is 70.2 Å². The van der Waals surface area contributed by atoms with E-state index in [1.165, 1.54) is 0 Å². The van der Waals surface area contributed by atoms with Crippen molar-refractivity contribution < 1.29 is 25.2 Å². The number of aliphatic hydroxyl groups is 3. The Bertz CT molecular complexity index is 342. The largest absolute Gasteiger partial charge is 0.481 e. The van der Waals surface area contributed by atoms with Gasteiger partial charge in [0, 0.05) is 18.8 Å². The highest BCUT2D eigenvalue weighted by atomic mass is 16.4. The van der Waals surface area contributed by atoms with Gasteiger partial charge in [-0.15, -0.1) is 0 Å². The molecule has 0 aliphatic heterocycles. The van der Waals surface area contributed by atoms with E-state index < -0.39 is 24.3 Å². The monoisotopic (exact) mass is 300 g/mol. The van der Waals surface area contributed by atoms with Gasteiger partial charge in [-0.05, 0) is 25.2 Å². The second kappa shape index (κ2) is 9.18. The number of aliphatic carboxylic acids is 1. The minimum atomic E-state index is -0.777. The first-order valence-electron chi connectivity index (χ1n) is 7.90. The highest BCUT2D eigenvalue weighted by Gasteiger charge is 2.39. The molecule has 5 nitrogen and oxygen atoms in total. The number of carboxylic acids is 1. The van der Waals surface area contributed by atoms with Gasteiger partial charge >= 0.3 is 5.97 Å². The van der Waals surface area contributed by atoms with Gasteiger partial charge in [0.15, 0.2) is 0 Å². The molecule has 21 heavy (non-hydrogen) atoms. The van der Waals surface area contributed by atoms with Crippen molar-refractivity contribution in [3.8, 4) is 0 Å². The third kappa shape index (κ3) is 6.16. The number of aliphatic hydroxyl groups excluding tert-OH is 3. The lowest BCUT2D eigenvalue weighted by molar-refractivity contribution is -0.137. The van der Waals surface area contributed by atoms with Gasteiger partial charge in [-0.3, -0.25) is 4.79 Å². The Hall–Kier alpha value is -0.910. The summed E-state index contributed by atoms with van der Waals surface area (Å²) < 4.78 is 0. The van der Waals surface area contributed by atoms with Crippen LogP contribution in [0.5, 0.6) is 0 Å². The predicted octanol–water partition coefficient (Wildman–Crippen LogP) is 1.71. The number of unbranched alkanes of at least 4 members (excludes halogenated alkanes) is 2. The molecule has 0 heterocycles. The van der Waals surface area contributed by atoms with E-state index in [0.717, 1.165) is 19.3 Å². The zero-order valence-electron chi connectivity index (χ0n) is 12.7. The number of carbonyl (C=O) groups is 1. The van der Waals surface area contributed by atoms with Gasteiger partial charge in [0.25, 0.3) is 0 Å². The number of hydrogen-bond donors (Lipinski definition) is 4. The van der Waals surface area contributed by atoms with Gasteiger partial charge < -0.3 is 20.4 Å². The van der Waals surface area contributed by atoms with Gasteiger partial charge in [0.05, 0.1) is 18.3 Å². The van der Waals surface area contributed by atoms with Crippen LogP contribution in [0.25, 0.3) is 0 Å². The molecule has 4 N–H and O–H groups in total. The summed E-state index contributed by atoms with van der Waals surface area (Å²) >= 11 is 0. The van der Waals surface area contributed by atoms with Gasteiger partial charge in [-0.1, -0.05) is 31.9 Å². The molecule has 5 atom stereocenters. The van der Waals surface area contributed by atoms with Crippen LogP contribution in [0.1, 0.15) is 51.9 Å². The molecule has 0 amide bonds. The molecular weight excluding hydrogens is 272 g/mol. The van der Waals surface area contributed by atoms with E-state index in [0.29, 0.717) is 19.3 Å². The van der Waals surface area contributed by atoms with Crippen molar-refractivity contribution in [2.24, 2.45) is 11.8 Å². The second-order valence-corrected chi connectivity index (χ2v) is 5.97. The first-order valence-corrected chi connectivity index (χ1v) is 7.90. The fourth-order valence-corrected chi connectivity index (χ4v) is 3.00. The van der Waals surface area contributed by atoms with E-state index in [9.17, 15) is 20.1 Å². The van der Waals surface area contributed by atoms with Crippen LogP contribution in [0, 0.1) is 11.8 Å². The molecule has 1 fully saturated rings. The summed E-state index contributed by atoms with van der Waals surface area (Å²) in [4.78, 5) is 10.4. The molecule has 0 spiro atoms. The summed E-state index contributed by atoms with van der Waals surface area (Å²) in [6.07, 6.45) is 6.21. The number of carboxylic acid groups (broad SMARTS) is 1. The lowest BCUT2D eigenvalue weighted by atomic mass is 9.88. The van der Waals surface area contributed by atoms with Crippen LogP contribution in [0.2, 0.25) is 0 Å². The normalized spacial score (nSPS) is 30.9. The fraction of sp³-hybridized carbons (Fsp3) is 0.812. The summed E-state index contributed by atoms with van der Waals surface area (Å²) in [5, 5.41) is 38.2. The number of hydrogen-bond acceptors (Lipinski definition) is 4. The molecule has 0 aromatic carbocycles. The minimum Gasteiger partial charge on any atom is -0.481 e. The van der Waals surface area contributed by atoms with Crippen LogP contribution < -0.4 is 0 Å². The van der Waals surface area contributed by atoms with E-state index >= 15 is 0 Å². The topological polar surface area (TPSA) is 98.0 Å². The van der Waals surface area contributed by atoms with Crippen molar-refractivity contribution >= 4 is 5.97 Å². The molecule has 1 aliphatic carbocycles. The maximum Gasteiger partial charge on any atom is 0.303 e. The van der Waals surface area contributed by atoms with Crippen LogP contribution in [-0.4, -0.2) is 44.7 Å².